The number of rotatable bonds is 4. The molecule has 3 nitrogen and oxygen atoms in total. The molecule has 3 N–H and O–H groups in total. The first kappa shape index (κ1) is 14.0. The minimum Gasteiger partial charge on any atom is -0.396 e. The molecule has 0 saturated heterocycles. The van der Waals surface area contributed by atoms with Gasteiger partial charge in [0.05, 0.1) is 5.69 Å². The number of hydrogen-bond acceptors (Lipinski definition) is 3. The summed E-state index contributed by atoms with van der Waals surface area (Å²) in [6.45, 7) is 2.64. The molecule has 0 radical (unpaired) electrons. The molecular weight excluding hydrogens is 281 g/mol. The molecule has 2 rings (SSSR count). The summed E-state index contributed by atoms with van der Waals surface area (Å²) >= 11 is 12.0. The smallest absolute Gasteiger partial charge is 0.149 e. The second-order valence-electron chi connectivity index (χ2n) is 4.30. The van der Waals surface area contributed by atoms with E-state index in [2.05, 4.69) is 10.3 Å². The molecule has 0 aliphatic carbocycles. The van der Waals surface area contributed by atoms with Gasteiger partial charge in [0.15, 0.2) is 0 Å². The molecule has 2 aromatic rings. The van der Waals surface area contributed by atoms with Crippen LogP contribution in [-0.2, 0) is 6.42 Å². The van der Waals surface area contributed by atoms with Crippen molar-refractivity contribution in [3.05, 3.63) is 51.6 Å². The van der Waals surface area contributed by atoms with Crippen LogP contribution in [0.25, 0.3) is 0 Å². The van der Waals surface area contributed by atoms with E-state index >= 15 is 0 Å². The molecule has 5 heteroatoms. The zero-order valence-corrected chi connectivity index (χ0v) is 12.1. The molecule has 1 aromatic carbocycles. The molecular formula is C14H15Cl2N3. The lowest BCUT2D eigenvalue weighted by molar-refractivity contribution is 1.00. The van der Waals surface area contributed by atoms with Crippen molar-refractivity contribution < 1.29 is 0 Å². The summed E-state index contributed by atoms with van der Waals surface area (Å²) in [6.07, 6.45) is 0.783. The summed E-state index contributed by atoms with van der Waals surface area (Å²) in [5.74, 6) is 0.713. The Morgan fingerprint density at radius 3 is 2.74 bits per heavy atom. The second-order valence-corrected chi connectivity index (χ2v) is 5.15. The monoisotopic (exact) mass is 295 g/mol. The largest absolute Gasteiger partial charge is 0.396 e. The lowest BCUT2D eigenvalue weighted by Gasteiger charge is -2.10. The van der Waals surface area contributed by atoms with Gasteiger partial charge in [-0.15, -0.1) is 0 Å². The zero-order chi connectivity index (χ0) is 13.8. The number of nitrogens with two attached hydrogens (primary N) is 1. The number of nitrogens with zero attached hydrogens (tertiary/aromatic N) is 1. The van der Waals surface area contributed by atoms with Crippen LogP contribution in [0.2, 0.25) is 10.0 Å². The average molecular weight is 296 g/mol. The van der Waals surface area contributed by atoms with E-state index in [9.17, 15) is 0 Å². The lowest BCUT2D eigenvalue weighted by Crippen LogP contribution is -2.09. The highest BCUT2D eigenvalue weighted by Crippen LogP contribution is 2.22. The van der Waals surface area contributed by atoms with Crippen molar-refractivity contribution >= 4 is 34.7 Å². The van der Waals surface area contributed by atoms with Crippen molar-refractivity contribution in [3.63, 3.8) is 0 Å². The molecule has 0 aliphatic heterocycles. The van der Waals surface area contributed by atoms with Crippen LogP contribution < -0.4 is 11.1 Å². The average Bonchev–Trinajstić information content (AvgIpc) is 2.36. The molecule has 0 saturated carbocycles. The van der Waals surface area contributed by atoms with Crippen molar-refractivity contribution in [1.82, 2.24) is 4.98 Å². The van der Waals surface area contributed by atoms with Crippen LogP contribution >= 0.6 is 23.2 Å². The predicted molar refractivity (Wildman–Crippen MR) is 82.0 cm³/mol. The van der Waals surface area contributed by atoms with E-state index in [0.717, 1.165) is 17.7 Å². The number of anilines is 2. The Labute approximate surface area is 122 Å². The highest BCUT2D eigenvalue weighted by molar-refractivity contribution is 6.35. The third-order valence-corrected chi connectivity index (χ3v) is 3.35. The number of aromatic nitrogens is 1. The molecule has 19 heavy (non-hydrogen) atoms. The topological polar surface area (TPSA) is 50.9 Å². The summed E-state index contributed by atoms with van der Waals surface area (Å²) in [4.78, 5) is 4.35. The van der Waals surface area contributed by atoms with Gasteiger partial charge in [-0.2, -0.15) is 0 Å². The summed E-state index contributed by atoms with van der Waals surface area (Å²) in [6, 6.07) is 9.25. The molecule has 1 aromatic heterocycles. The van der Waals surface area contributed by atoms with Gasteiger partial charge in [0.2, 0.25) is 0 Å². The Morgan fingerprint density at radius 1 is 1.21 bits per heavy atom. The van der Waals surface area contributed by atoms with Gasteiger partial charge in [0, 0.05) is 22.3 Å². The Morgan fingerprint density at radius 2 is 2.00 bits per heavy atom. The first-order chi connectivity index (χ1) is 9.06. The SMILES string of the molecule is Cc1ccc(N)c(NCCc2ccc(Cl)cc2Cl)n1. The number of pyridine rings is 1. The molecule has 0 fully saturated rings. The minimum atomic E-state index is 0.645. The maximum Gasteiger partial charge on any atom is 0.149 e. The van der Waals surface area contributed by atoms with Crippen LogP contribution in [0, 0.1) is 6.92 Å². The third-order valence-electron chi connectivity index (χ3n) is 2.77. The van der Waals surface area contributed by atoms with Crippen LogP contribution in [-0.4, -0.2) is 11.5 Å². The molecule has 1 heterocycles. The van der Waals surface area contributed by atoms with E-state index in [1.807, 2.05) is 31.2 Å². The first-order valence-electron chi connectivity index (χ1n) is 5.97. The number of halogens is 2. The molecule has 0 spiro atoms. The predicted octanol–water partition coefficient (Wildman–Crippen LogP) is 3.93. The van der Waals surface area contributed by atoms with Gasteiger partial charge < -0.3 is 11.1 Å². The third kappa shape index (κ3) is 3.75. The van der Waals surface area contributed by atoms with Gasteiger partial charge in [-0.1, -0.05) is 29.3 Å². The van der Waals surface area contributed by atoms with Gasteiger partial charge in [0.1, 0.15) is 5.82 Å². The maximum absolute atomic E-state index is 6.12. The first-order valence-corrected chi connectivity index (χ1v) is 6.73. The van der Waals surface area contributed by atoms with E-state index in [4.69, 9.17) is 28.9 Å². The minimum absolute atomic E-state index is 0.645. The Bertz CT molecular complexity index is 585. The van der Waals surface area contributed by atoms with Gasteiger partial charge >= 0.3 is 0 Å². The summed E-state index contributed by atoms with van der Waals surface area (Å²) in [5, 5.41) is 4.54. The van der Waals surface area contributed by atoms with E-state index in [1.165, 1.54) is 0 Å². The molecule has 0 bridgehead atoms. The van der Waals surface area contributed by atoms with Crippen molar-refractivity contribution in [1.29, 1.82) is 0 Å². The van der Waals surface area contributed by atoms with E-state index in [0.29, 0.717) is 28.1 Å². The molecule has 0 amide bonds. The molecule has 0 atom stereocenters. The van der Waals surface area contributed by atoms with Crippen molar-refractivity contribution in [3.8, 4) is 0 Å². The summed E-state index contributed by atoms with van der Waals surface area (Å²) in [5.41, 5.74) is 8.47. The molecule has 0 unspecified atom stereocenters. The Hall–Kier alpha value is -1.45. The van der Waals surface area contributed by atoms with Crippen LogP contribution in [0.15, 0.2) is 30.3 Å². The molecule has 100 valence electrons. The highest BCUT2D eigenvalue weighted by Gasteiger charge is 2.03. The van der Waals surface area contributed by atoms with Crippen LogP contribution in [0.1, 0.15) is 11.3 Å². The van der Waals surface area contributed by atoms with E-state index in [1.54, 1.807) is 6.07 Å². The second kappa shape index (κ2) is 6.13. The van der Waals surface area contributed by atoms with Crippen molar-refractivity contribution in [2.24, 2.45) is 0 Å². The van der Waals surface area contributed by atoms with Gasteiger partial charge in [-0.25, -0.2) is 4.98 Å². The lowest BCUT2D eigenvalue weighted by atomic mass is 10.1. The van der Waals surface area contributed by atoms with Crippen LogP contribution in [0.3, 0.4) is 0 Å². The summed E-state index contributed by atoms with van der Waals surface area (Å²) < 4.78 is 0. The number of aryl methyl sites for hydroxylation is 1. The summed E-state index contributed by atoms with van der Waals surface area (Å²) in [7, 11) is 0. The fourth-order valence-corrected chi connectivity index (χ4v) is 2.25. The normalized spacial score (nSPS) is 10.5. The Kier molecular flexibility index (Phi) is 4.51. The zero-order valence-electron chi connectivity index (χ0n) is 10.6. The van der Waals surface area contributed by atoms with Gasteiger partial charge in [0.25, 0.3) is 0 Å². The van der Waals surface area contributed by atoms with Crippen LogP contribution in [0.5, 0.6) is 0 Å². The van der Waals surface area contributed by atoms with Crippen molar-refractivity contribution in [2.75, 3.05) is 17.6 Å². The quantitative estimate of drug-likeness (QED) is 0.898. The Balaban J connectivity index is 1.98. The van der Waals surface area contributed by atoms with Gasteiger partial charge in [-0.3, -0.25) is 0 Å². The number of nitrogens with one attached hydrogen (secondary N) is 1. The number of hydrogen-bond donors (Lipinski definition) is 2. The van der Waals surface area contributed by atoms with E-state index in [-0.39, 0.29) is 0 Å². The fraction of sp³-hybridized carbons (Fsp3) is 0.214. The molecule has 0 aliphatic rings. The van der Waals surface area contributed by atoms with Crippen LogP contribution in [0.4, 0.5) is 11.5 Å². The number of nitrogen functional groups attached to an aromatic ring is 1. The van der Waals surface area contributed by atoms with E-state index < -0.39 is 0 Å². The van der Waals surface area contributed by atoms with Crippen molar-refractivity contribution in [2.45, 2.75) is 13.3 Å². The highest BCUT2D eigenvalue weighted by atomic mass is 35.5. The standard InChI is InChI=1S/C14H15Cl2N3/c1-9-2-5-13(17)14(19-9)18-7-6-10-3-4-11(15)8-12(10)16/h2-5,8H,6-7,17H2,1H3,(H,18,19). The fourth-order valence-electron chi connectivity index (χ4n) is 1.75. The van der Waals surface area contributed by atoms with Gasteiger partial charge in [-0.05, 0) is 43.2 Å². The maximum atomic E-state index is 6.12. The number of benzene rings is 1.